The van der Waals surface area contributed by atoms with Gasteiger partial charge in [0.1, 0.15) is 11.5 Å². The van der Waals surface area contributed by atoms with E-state index in [1.54, 1.807) is 4.72 Å². The minimum atomic E-state index is -4.59. The van der Waals surface area contributed by atoms with E-state index in [0.717, 1.165) is 12.1 Å². The van der Waals surface area contributed by atoms with Crippen LogP contribution in [0.3, 0.4) is 0 Å². The first kappa shape index (κ1) is 20.7. The number of nitrogens with one attached hydrogen (secondary N) is 1. The zero-order valence-electron chi connectivity index (χ0n) is 13.6. The van der Waals surface area contributed by atoms with Crippen molar-refractivity contribution in [2.45, 2.75) is 11.8 Å². The van der Waals surface area contributed by atoms with Crippen molar-refractivity contribution in [3.63, 3.8) is 0 Å². The third-order valence-electron chi connectivity index (χ3n) is 3.03. The normalized spacial score (nSPS) is 10.9. The minimum absolute atomic E-state index is 0.0611. The van der Waals surface area contributed by atoms with Crippen molar-refractivity contribution in [1.82, 2.24) is 4.72 Å². The summed E-state index contributed by atoms with van der Waals surface area (Å²) in [7, 11) is -4.59. The van der Waals surface area contributed by atoms with Gasteiger partial charge in [0.15, 0.2) is 4.90 Å². The third-order valence-corrected chi connectivity index (χ3v) is 4.90. The van der Waals surface area contributed by atoms with E-state index in [0.29, 0.717) is 5.02 Å². The van der Waals surface area contributed by atoms with Gasteiger partial charge < -0.3 is 9.47 Å². The molecule has 0 atom stereocenters. The Morgan fingerprint density at radius 2 is 1.93 bits per heavy atom. The third kappa shape index (κ3) is 5.22. The van der Waals surface area contributed by atoms with Crippen LogP contribution in [-0.4, -0.2) is 26.0 Å². The van der Waals surface area contributed by atoms with Crippen LogP contribution < -0.4 is 9.46 Å². The molecule has 0 unspecified atom stereocenters. The van der Waals surface area contributed by atoms with Crippen molar-refractivity contribution in [3.8, 4) is 11.5 Å². The van der Waals surface area contributed by atoms with Crippen molar-refractivity contribution in [2.75, 3.05) is 6.61 Å². The summed E-state index contributed by atoms with van der Waals surface area (Å²) < 4.78 is 36.2. The van der Waals surface area contributed by atoms with Gasteiger partial charge in [-0.05, 0) is 31.2 Å². The summed E-state index contributed by atoms with van der Waals surface area (Å²) in [5.74, 6) is 0.0886. The van der Waals surface area contributed by atoms with Crippen molar-refractivity contribution < 1.29 is 27.6 Å². The Morgan fingerprint density at radius 1 is 1.22 bits per heavy atom. The lowest BCUT2D eigenvalue weighted by molar-refractivity contribution is -0.387. The topological polar surface area (TPSA) is 125 Å². The van der Waals surface area contributed by atoms with E-state index in [1.807, 2.05) is 0 Å². The molecule has 0 heterocycles. The summed E-state index contributed by atoms with van der Waals surface area (Å²) in [5.41, 5.74) is -0.749. The molecule has 0 aromatic heterocycles. The summed E-state index contributed by atoms with van der Waals surface area (Å²) in [6.45, 7) is 1.39. The van der Waals surface area contributed by atoms with Gasteiger partial charge in [-0.15, -0.1) is 0 Å². The molecule has 0 saturated carbocycles. The average Bonchev–Trinajstić information content (AvgIpc) is 2.57. The smallest absolute Gasteiger partial charge is 0.421 e. The highest BCUT2D eigenvalue weighted by molar-refractivity contribution is 7.90. The largest absolute Gasteiger partial charge is 0.456 e. The van der Waals surface area contributed by atoms with E-state index in [-0.39, 0.29) is 23.1 Å². The van der Waals surface area contributed by atoms with Crippen LogP contribution in [0.2, 0.25) is 10.0 Å². The molecule has 2 aromatic carbocycles. The lowest BCUT2D eigenvalue weighted by Crippen LogP contribution is -2.31. The summed E-state index contributed by atoms with van der Waals surface area (Å²) in [6, 6.07) is 7.35. The van der Waals surface area contributed by atoms with Gasteiger partial charge in [0.2, 0.25) is 0 Å². The second kappa shape index (κ2) is 8.42. The maximum Gasteiger partial charge on any atom is 0.421 e. The Labute approximate surface area is 164 Å². The van der Waals surface area contributed by atoms with E-state index >= 15 is 0 Å². The number of carbonyl (C=O) groups is 1. The number of hydrogen-bond acceptors (Lipinski definition) is 7. The molecule has 0 saturated heterocycles. The van der Waals surface area contributed by atoms with Gasteiger partial charge in [-0.2, -0.15) is 0 Å². The molecule has 144 valence electrons. The van der Waals surface area contributed by atoms with E-state index in [1.165, 1.54) is 31.2 Å². The highest BCUT2D eigenvalue weighted by Gasteiger charge is 2.29. The van der Waals surface area contributed by atoms with Crippen LogP contribution in [0.1, 0.15) is 6.92 Å². The molecule has 0 radical (unpaired) electrons. The molecular formula is C15H12Cl2N2O7S. The van der Waals surface area contributed by atoms with E-state index in [9.17, 15) is 23.3 Å². The first-order valence-corrected chi connectivity index (χ1v) is 9.49. The Kier molecular flexibility index (Phi) is 6.47. The van der Waals surface area contributed by atoms with Gasteiger partial charge >= 0.3 is 6.09 Å². The molecule has 1 amide bonds. The van der Waals surface area contributed by atoms with Crippen LogP contribution in [0, 0.1) is 10.1 Å². The zero-order valence-corrected chi connectivity index (χ0v) is 16.0. The Balaban J connectivity index is 2.44. The van der Waals surface area contributed by atoms with Crippen LogP contribution >= 0.6 is 23.2 Å². The highest BCUT2D eigenvalue weighted by Crippen LogP contribution is 2.34. The fraction of sp³-hybridized carbons (Fsp3) is 0.133. The molecule has 0 aliphatic carbocycles. The number of halogens is 2. The lowest BCUT2D eigenvalue weighted by atomic mass is 10.3. The van der Waals surface area contributed by atoms with Crippen LogP contribution in [0.15, 0.2) is 41.3 Å². The maximum absolute atomic E-state index is 12.3. The highest BCUT2D eigenvalue weighted by atomic mass is 35.5. The van der Waals surface area contributed by atoms with Crippen molar-refractivity contribution in [1.29, 1.82) is 0 Å². The molecule has 9 nitrogen and oxygen atoms in total. The van der Waals surface area contributed by atoms with Gasteiger partial charge in [0.05, 0.1) is 16.6 Å². The minimum Gasteiger partial charge on any atom is -0.456 e. The fourth-order valence-corrected chi connectivity index (χ4v) is 3.46. The molecule has 2 aromatic rings. The van der Waals surface area contributed by atoms with Crippen molar-refractivity contribution in [3.05, 3.63) is 56.6 Å². The summed E-state index contributed by atoms with van der Waals surface area (Å²) in [6.07, 6.45) is -1.26. The fourth-order valence-electron chi connectivity index (χ4n) is 1.93. The summed E-state index contributed by atoms with van der Waals surface area (Å²) in [4.78, 5) is 20.9. The maximum atomic E-state index is 12.3. The van der Waals surface area contributed by atoms with Crippen LogP contribution in [0.4, 0.5) is 10.5 Å². The number of nitro groups is 1. The van der Waals surface area contributed by atoms with Crippen molar-refractivity contribution in [2.24, 2.45) is 0 Å². The van der Waals surface area contributed by atoms with Gasteiger partial charge in [0, 0.05) is 17.2 Å². The number of sulfonamides is 1. The molecule has 12 heteroatoms. The molecule has 0 aliphatic heterocycles. The Hall–Kier alpha value is -2.56. The number of amides is 1. The molecule has 1 N–H and O–H groups in total. The Morgan fingerprint density at radius 3 is 2.52 bits per heavy atom. The molecule has 27 heavy (non-hydrogen) atoms. The predicted molar refractivity (Wildman–Crippen MR) is 97.0 cm³/mol. The number of benzene rings is 2. The second-order valence-electron chi connectivity index (χ2n) is 4.89. The Bertz CT molecular complexity index is 996. The quantitative estimate of drug-likeness (QED) is 0.534. The monoisotopic (exact) mass is 434 g/mol. The molecule has 0 aliphatic rings. The SMILES string of the molecule is CCOC(=O)NS(=O)(=O)c1cc(Oc2ccc(Cl)cc2Cl)ccc1[N+](=O)[O-]. The van der Waals surface area contributed by atoms with E-state index < -0.39 is 31.6 Å². The van der Waals surface area contributed by atoms with E-state index in [2.05, 4.69) is 4.74 Å². The van der Waals surface area contributed by atoms with Gasteiger partial charge in [-0.25, -0.2) is 17.9 Å². The van der Waals surface area contributed by atoms with Gasteiger partial charge in [-0.1, -0.05) is 23.2 Å². The molecule has 2 rings (SSSR count). The van der Waals surface area contributed by atoms with Gasteiger partial charge in [-0.3, -0.25) is 10.1 Å². The summed E-state index contributed by atoms with van der Waals surface area (Å²) >= 11 is 11.8. The molecule has 0 bridgehead atoms. The number of carbonyl (C=O) groups excluding carboxylic acids is 1. The second-order valence-corrected chi connectivity index (χ2v) is 7.38. The number of hydrogen-bond donors (Lipinski definition) is 1. The lowest BCUT2D eigenvalue weighted by Gasteiger charge is -2.11. The summed E-state index contributed by atoms with van der Waals surface area (Å²) in [5, 5.41) is 11.7. The first-order chi connectivity index (χ1) is 12.6. The number of ether oxygens (including phenoxy) is 2. The van der Waals surface area contributed by atoms with Crippen LogP contribution in [0.25, 0.3) is 0 Å². The predicted octanol–water partition coefficient (Wildman–Crippen LogP) is 4.13. The molecule has 0 spiro atoms. The van der Waals surface area contributed by atoms with Gasteiger partial charge in [0.25, 0.3) is 15.7 Å². The molecule has 0 fully saturated rings. The first-order valence-electron chi connectivity index (χ1n) is 7.25. The molecular weight excluding hydrogens is 423 g/mol. The van der Waals surface area contributed by atoms with Crippen LogP contribution in [-0.2, 0) is 14.8 Å². The zero-order chi connectivity index (χ0) is 20.2. The standard InChI is InChI=1S/C15H12Cl2N2O7S/c1-2-25-15(20)18-27(23,24)14-8-10(4-5-12(14)19(21)22)26-13-6-3-9(16)7-11(13)17/h3-8H,2H2,1H3,(H,18,20). The average molecular weight is 435 g/mol. The van der Waals surface area contributed by atoms with E-state index in [4.69, 9.17) is 27.9 Å². The van der Waals surface area contributed by atoms with Crippen LogP contribution in [0.5, 0.6) is 11.5 Å². The number of nitro benzene ring substituents is 1. The number of nitrogens with zero attached hydrogens (tertiary/aromatic N) is 1. The van der Waals surface area contributed by atoms with Crippen molar-refractivity contribution >= 4 is 45.0 Å². The number of rotatable bonds is 6.